The second-order valence-corrected chi connectivity index (χ2v) is 6.21. The van der Waals surface area contributed by atoms with Crippen molar-refractivity contribution in [3.63, 3.8) is 0 Å². The Morgan fingerprint density at radius 1 is 1.43 bits per heavy atom. The van der Waals surface area contributed by atoms with E-state index in [1.807, 2.05) is 32.0 Å². The fourth-order valence-corrected chi connectivity index (χ4v) is 3.17. The standard InChI is InChI=1S/C16H22N2O4S/c1-4-22-13-6-5-12(9-14(13)21-3)11(2)17-15(19)10-18-7-8-23-16(18)20/h5-6,9,11H,4,7-8,10H2,1-3H3,(H,17,19). The second kappa shape index (κ2) is 8.10. The number of methoxy groups -OCH3 is 1. The van der Waals surface area contributed by atoms with Crippen molar-refractivity contribution in [3.8, 4) is 11.5 Å². The number of carbonyl (C=O) groups is 2. The van der Waals surface area contributed by atoms with Crippen molar-refractivity contribution in [3.05, 3.63) is 23.8 Å². The molecule has 1 aliphatic rings. The predicted octanol–water partition coefficient (Wildman–Crippen LogP) is 2.44. The van der Waals surface area contributed by atoms with E-state index >= 15 is 0 Å². The van der Waals surface area contributed by atoms with Gasteiger partial charge in [0.1, 0.15) is 6.54 Å². The quantitative estimate of drug-likeness (QED) is 0.827. The molecule has 126 valence electrons. The minimum atomic E-state index is -0.183. The van der Waals surface area contributed by atoms with Crippen molar-refractivity contribution in [1.29, 1.82) is 0 Å². The number of nitrogens with zero attached hydrogens (tertiary/aromatic N) is 1. The molecular weight excluding hydrogens is 316 g/mol. The van der Waals surface area contributed by atoms with Crippen LogP contribution in [-0.2, 0) is 4.79 Å². The van der Waals surface area contributed by atoms with Crippen LogP contribution in [0.2, 0.25) is 0 Å². The van der Waals surface area contributed by atoms with Gasteiger partial charge in [-0.2, -0.15) is 0 Å². The summed E-state index contributed by atoms with van der Waals surface area (Å²) in [6, 6.07) is 5.40. The first-order valence-electron chi connectivity index (χ1n) is 7.57. The number of ether oxygens (including phenoxy) is 2. The smallest absolute Gasteiger partial charge is 0.282 e. The molecule has 23 heavy (non-hydrogen) atoms. The molecule has 7 heteroatoms. The van der Waals surface area contributed by atoms with Crippen LogP contribution in [0.4, 0.5) is 4.79 Å². The van der Waals surface area contributed by atoms with Crippen LogP contribution < -0.4 is 14.8 Å². The first-order chi connectivity index (χ1) is 11.0. The van der Waals surface area contributed by atoms with Gasteiger partial charge in [-0.05, 0) is 31.5 Å². The Balaban J connectivity index is 1.98. The summed E-state index contributed by atoms with van der Waals surface area (Å²) in [5.74, 6) is 1.90. The highest BCUT2D eigenvalue weighted by atomic mass is 32.2. The Hall–Kier alpha value is -1.89. The number of rotatable bonds is 7. The zero-order valence-electron chi connectivity index (χ0n) is 13.6. The summed E-state index contributed by atoms with van der Waals surface area (Å²) in [4.78, 5) is 25.2. The fourth-order valence-electron chi connectivity index (χ4n) is 2.34. The van der Waals surface area contributed by atoms with Crippen molar-refractivity contribution in [2.75, 3.05) is 32.6 Å². The third-order valence-corrected chi connectivity index (χ3v) is 4.44. The molecule has 1 fully saturated rings. The lowest BCUT2D eigenvalue weighted by Crippen LogP contribution is -2.38. The highest BCUT2D eigenvalue weighted by Crippen LogP contribution is 2.30. The van der Waals surface area contributed by atoms with Gasteiger partial charge in [0, 0.05) is 12.3 Å². The van der Waals surface area contributed by atoms with E-state index in [9.17, 15) is 9.59 Å². The maximum Gasteiger partial charge on any atom is 0.282 e. The zero-order valence-corrected chi connectivity index (χ0v) is 14.4. The molecule has 0 bridgehead atoms. The Bertz CT molecular complexity index is 579. The Kier molecular flexibility index (Phi) is 6.15. The minimum Gasteiger partial charge on any atom is -0.493 e. The summed E-state index contributed by atoms with van der Waals surface area (Å²) in [5, 5.41) is 2.88. The monoisotopic (exact) mass is 338 g/mol. The zero-order chi connectivity index (χ0) is 16.8. The number of hydrogen-bond donors (Lipinski definition) is 1. The summed E-state index contributed by atoms with van der Waals surface area (Å²) in [7, 11) is 1.58. The molecule has 1 atom stereocenters. The summed E-state index contributed by atoms with van der Waals surface area (Å²) in [5.41, 5.74) is 0.917. The first-order valence-corrected chi connectivity index (χ1v) is 8.55. The van der Waals surface area contributed by atoms with Gasteiger partial charge >= 0.3 is 0 Å². The number of benzene rings is 1. The SMILES string of the molecule is CCOc1ccc(C(C)NC(=O)CN2CCSC2=O)cc1OC. The summed E-state index contributed by atoms with van der Waals surface area (Å²) in [6.45, 7) is 5.10. The molecule has 6 nitrogen and oxygen atoms in total. The van der Waals surface area contributed by atoms with E-state index in [-0.39, 0.29) is 23.7 Å². The van der Waals surface area contributed by atoms with E-state index in [1.54, 1.807) is 12.0 Å². The van der Waals surface area contributed by atoms with Crippen LogP contribution in [0.1, 0.15) is 25.5 Å². The van der Waals surface area contributed by atoms with Crippen molar-refractivity contribution in [2.24, 2.45) is 0 Å². The average molecular weight is 338 g/mol. The molecule has 1 unspecified atom stereocenters. The number of carbonyl (C=O) groups excluding carboxylic acids is 2. The van der Waals surface area contributed by atoms with Crippen LogP contribution in [0, 0.1) is 0 Å². The molecule has 0 spiro atoms. The number of thioether (sulfide) groups is 1. The summed E-state index contributed by atoms with van der Waals surface area (Å²) < 4.78 is 10.8. The molecule has 0 saturated carbocycles. The van der Waals surface area contributed by atoms with Gasteiger partial charge in [-0.25, -0.2) is 0 Å². The molecule has 1 heterocycles. The van der Waals surface area contributed by atoms with Gasteiger partial charge in [0.2, 0.25) is 5.91 Å². The van der Waals surface area contributed by atoms with Crippen molar-refractivity contribution in [2.45, 2.75) is 19.9 Å². The lowest BCUT2D eigenvalue weighted by Gasteiger charge is -2.19. The van der Waals surface area contributed by atoms with E-state index in [2.05, 4.69) is 5.32 Å². The summed E-state index contributed by atoms with van der Waals surface area (Å²) >= 11 is 1.25. The van der Waals surface area contributed by atoms with Crippen molar-refractivity contribution >= 4 is 22.9 Å². The normalized spacial score (nSPS) is 15.4. The third kappa shape index (κ3) is 4.54. The molecule has 1 aliphatic heterocycles. The lowest BCUT2D eigenvalue weighted by molar-refractivity contribution is -0.122. The average Bonchev–Trinajstić information content (AvgIpc) is 2.92. The van der Waals surface area contributed by atoms with Crippen LogP contribution in [0.5, 0.6) is 11.5 Å². The summed E-state index contributed by atoms with van der Waals surface area (Å²) in [6.07, 6.45) is 0. The van der Waals surface area contributed by atoms with E-state index in [4.69, 9.17) is 9.47 Å². The highest BCUT2D eigenvalue weighted by molar-refractivity contribution is 8.13. The first kappa shape index (κ1) is 17.5. The molecule has 1 N–H and O–H groups in total. The Morgan fingerprint density at radius 3 is 2.83 bits per heavy atom. The van der Waals surface area contributed by atoms with Crippen LogP contribution in [0.25, 0.3) is 0 Å². The molecule has 1 saturated heterocycles. The molecule has 1 aromatic carbocycles. The van der Waals surface area contributed by atoms with E-state index in [0.29, 0.717) is 24.7 Å². The van der Waals surface area contributed by atoms with Crippen LogP contribution in [-0.4, -0.2) is 48.6 Å². The van der Waals surface area contributed by atoms with Crippen molar-refractivity contribution in [1.82, 2.24) is 10.2 Å². The number of nitrogens with one attached hydrogen (secondary N) is 1. The molecule has 0 aliphatic carbocycles. The molecule has 0 aromatic heterocycles. The maximum atomic E-state index is 12.1. The van der Waals surface area contributed by atoms with Gasteiger partial charge in [0.05, 0.1) is 19.8 Å². The lowest BCUT2D eigenvalue weighted by atomic mass is 10.1. The minimum absolute atomic E-state index is 0.0319. The van der Waals surface area contributed by atoms with Crippen LogP contribution >= 0.6 is 11.8 Å². The Labute approximate surface area is 140 Å². The van der Waals surface area contributed by atoms with Gasteiger partial charge in [0.15, 0.2) is 11.5 Å². The highest BCUT2D eigenvalue weighted by Gasteiger charge is 2.24. The third-order valence-electron chi connectivity index (χ3n) is 3.54. The molecule has 2 amide bonds. The molecule has 2 rings (SSSR count). The van der Waals surface area contributed by atoms with Crippen LogP contribution in [0.3, 0.4) is 0 Å². The van der Waals surface area contributed by atoms with Crippen LogP contribution in [0.15, 0.2) is 18.2 Å². The fraction of sp³-hybridized carbons (Fsp3) is 0.500. The van der Waals surface area contributed by atoms with E-state index in [1.165, 1.54) is 11.8 Å². The number of hydrogen-bond acceptors (Lipinski definition) is 5. The van der Waals surface area contributed by atoms with Gasteiger partial charge < -0.3 is 19.7 Å². The molecular formula is C16H22N2O4S. The largest absolute Gasteiger partial charge is 0.493 e. The Morgan fingerprint density at radius 2 is 2.22 bits per heavy atom. The molecule has 0 radical (unpaired) electrons. The second-order valence-electron chi connectivity index (χ2n) is 5.17. The van der Waals surface area contributed by atoms with Crippen molar-refractivity contribution < 1.29 is 19.1 Å². The van der Waals surface area contributed by atoms with Gasteiger partial charge in [-0.1, -0.05) is 17.8 Å². The van der Waals surface area contributed by atoms with Gasteiger partial charge in [-0.3, -0.25) is 9.59 Å². The predicted molar refractivity (Wildman–Crippen MR) is 90.1 cm³/mol. The number of amides is 2. The topological polar surface area (TPSA) is 67.9 Å². The van der Waals surface area contributed by atoms with Gasteiger partial charge in [0.25, 0.3) is 5.24 Å². The molecule has 1 aromatic rings. The maximum absolute atomic E-state index is 12.1. The van der Waals surface area contributed by atoms with Gasteiger partial charge in [-0.15, -0.1) is 0 Å². The van der Waals surface area contributed by atoms with E-state index < -0.39 is 0 Å². The van der Waals surface area contributed by atoms with E-state index in [0.717, 1.165) is 11.3 Å².